The van der Waals surface area contributed by atoms with Gasteiger partial charge in [-0.25, -0.2) is 8.78 Å². The van der Waals surface area contributed by atoms with E-state index in [9.17, 15) is 22.0 Å². The van der Waals surface area contributed by atoms with Crippen molar-refractivity contribution in [3.8, 4) is 0 Å². The van der Waals surface area contributed by atoms with Crippen molar-refractivity contribution >= 4 is 17.0 Å². The minimum absolute atomic E-state index is 0.133. The average molecular weight is 414 g/mol. The van der Waals surface area contributed by atoms with Gasteiger partial charge in [0.05, 0.1) is 10.6 Å². The Balaban J connectivity index is 0.00000176. The van der Waals surface area contributed by atoms with E-state index >= 15 is 0 Å². The third-order valence-corrected chi connectivity index (χ3v) is 5.51. The summed E-state index contributed by atoms with van der Waals surface area (Å²) < 4.78 is 64.5. The van der Waals surface area contributed by atoms with E-state index in [0.717, 1.165) is 21.7 Å². The zero-order chi connectivity index (χ0) is 20.8. The van der Waals surface area contributed by atoms with Crippen molar-refractivity contribution in [1.82, 2.24) is 9.91 Å². The highest BCUT2D eigenvalue weighted by Crippen LogP contribution is 2.29. The highest BCUT2D eigenvalue weighted by atomic mass is 32.1. The molecule has 1 aliphatic rings. The number of hydrogen-bond acceptors (Lipinski definition) is 4. The maximum absolute atomic E-state index is 13.2. The molecule has 0 bridgehead atoms. The monoisotopic (exact) mass is 413 g/mol. The van der Waals surface area contributed by atoms with Crippen LogP contribution in [0.25, 0.3) is 0 Å². The molecule has 1 atom stereocenters. The van der Waals surface area contributed by atoms with Crippen molar-refractivity contribution < 1.29 is 22.0 Å². The van der Waals surface area contributed by atoms with Gasteiger partial charge >= 0.3 is 6.18 Å². The van der Waals surface area contributed by atoms with Gasteiger partial charge in [-0.1, -0.05) is 13.8 Å². The molecular weight excluding hydrogens is 385 g/mol. The third kappa shape index (κ3) is 7.37. The molecule has 3 nitrogen and oxygen atoms in total. The van der Waals surface area contributed by atoms with E-state index in [1.54, 1.807) is 6.92 Å². The Morgan fingerprint density at radius 1 is 1.26 bits per heavy atom. The number of likely N-dealkylation sites (tertiary alicyclic amines) is 1. The summed E-state index contributed by atoms with van der Waals surface area (Å²) in [4.78, 5) is 3.73. The van der Waals surface area contributed by atoms with Gasteiger partial charge in [0.15, 0.2) is 0 Å². The van der Waals surface area contributed by atoms with E-state index in [2.05, 4.69) is 5.10 Å². The highest BCUT2D eigenvalue weighted by molar-refractivity contribution is 7.14. The second-order valence-corrected chi connectivity index (χ2v) is 7.54. The molecule has 156 valence electrons. The fourth-order valence-electron chi connectivity index (χ4n) is 2.50. The van der Waals surface area contributed by atoms with Crippen LogP contribution in [0.3, 0.4) is 0 Å². The van der Waals surface area contributed by atoms with Crippen LogP contribution in [-0.4, -0.2) is 53.9 Å². The summed E-state index contributed by atoms with van der Waals surface area (Å²) in [7, 11) is 1.30. The van der Waals surface area contributed by atoms with E-state index in [1.165, 1.54) is 18.4 Å². The molecule has 0 N–H and O–H groups in total. The molecule has 0 aromatic carbocycles. The number of alkyl halides is 5. The molecule has 1 aromatic heterocycles. The molecule has 27 heavy (non-hydrogen) atoms. The van der Waals surface area contributed by atoms with E-state index in [-0.39, 0.29) is 12.8 Å². The van der Waals surface area contributed by atoms with Crippen LogP contribution >= 0.6 is 11.3 Å². The summed E-state index contributed by atoms with van der Waals surface area (Å²) in [5.41, 5.74) is 0.500. The van der Waals surface area contributed by atoms with Crippen molar-refractivity contribution in [1.29, 1.82) is 0 Å². The van der Waals surface area contributed by atoms with Crippen LogP contribution in [0.1, 0.15) is 50.3 Å². The van der Waals surface area contributed by atoms with E-state index < -0.39 is 18.1 Å². The maximum atomic E-state index is 13.2. The number of hydrogen-bond donors (Lipinski definition) is 0. The maximum Gasteiger partial charge on any atom is 0.410 e. The van der Waals surface area contributed by atoms with Gasteiger partial charge in [-0.3, -0.25) is 9.91 Å². The second-order valence-electron chi connectivity index (χ2n) is 6.37. The first-order valence-corrected chi connectivity index (χ1v) is 9.83. The molecule has 1 aromatic rings. The Bertz CT molecular complexity index is 602. The van der Waals surface area contributed by atoms with Crippen LogP contribution < -0.4 is 0 Å². The minimum Gasteiger partial charge on any atom is -0.298 e. The molecular formula is C18H28F5N3S. The zero-order valence-corrected chi connectivity index (χ0v) is 17.2. The molecule has 1 unspecified atom stereocenters. The lowest BCUT2D eigenvalue weighted by Gasteiger charge is -2.31. The first-order valence-electron chi connectivity index (χ1n) is 9.02. The first-order chi connectivity index (χ1) is 12.5. The molecule has 1 aliphatic heterocycles. The van der Waals surface area contributed by atoms with Crippen molar-refractivity contribution in [2.75, 3.05) is 20.1 Å². The van der Waals surface area contributed by atoms with Crippen molar-refractivity contribution in [3.63, 3.8) is 0 Å². The van der Waals surface area contributed by atoms with Crippen LogP contribution in [0.15, 0.2) is 17.2 Å². The molecule has 0 aliphatic carbocycles. The molecule has 0 spiro atoms. The van der Waals surface area contributed by atoms with Crippen LogP contribution in [0, 0.1) is 0 Å². The summed E-state index contributed by atoms with van der Waals surface area (Å²) in [5, 5.41) is 4.92. The highest BCUT2D eigenvalue weighted by Gasteiger charge is 2.39. The molecule has 1 saturated heterocycles. The van der Waals surface area contributed by atoms with Gasteiger partial charge in [0.2, 0.25) is 0 Å². The zero-order valence-electron chi connectivity index (χ0n) is 16.4. The lowest BCUT2D eigenvalue weighted by atomic mass is 10.1. The summed E-state index contributed by atoms with van der Waals surface area (Å²) in [6.07, 6.45) is -4.60. The van der Waals surface area contributed by atoms with Crippen LogP contribution in [-0.2, 0) is 6.54 Å². The van der Waals surface area contributed by atoms with Crippen LogP contribution in [0.4, 0.5) is 22.0 Å². The first kappa shape index (κ1) is 23.8. The summed E-state index contributed by atoms with van der Waals surface area (Å²) in [5.74, 6) is -2.57. The number of piperidine rings is 1. The second kappa shape index (κ2) is 9.82. The molecule has 0 radical (unpaired) electrons. The van der Waals surface area contributed by atoms with E-state index in [4.69, 9.17) is 0 Å². The lowest BCUT2D eigenvalue weighted by Crippen LogP contribution is -2.38. The van der Waals surface area contributed by atoms with Crippen LogP contribution in [0.2, 0.25) is 0 Å². The summed E-state index contributed by atoms with van der Waals surface area (Å²) >= 11 is 1.43. The largest absolute Gasteiger partial charge is 0.410 e. The van der Waals surface area contributed by atoms with Gasteiger partial charge in [-0.2, -0.15) is 18.3 Å². The average Bonchev–Trinajstić information content (AvgIpc) is 3.05. The van der Waals surface area contributed by atoms with E-state index in [0.29, 0.717) is 25.3 Å². The van der Waals surface area contributed by atoms with Crippen molar-refractivity contribution in [3.05, 3.63) is 21.9 Å². The van der Waals surface area contributed by atoms with Gasteiger partial charge in [0, 0.05) is 44.4 Å². The quantitative estimate of drug-likeness (QED) is 0.355. The number of thiophene rings is 1. The van der Waals surface area contributed by atoms with E-state index in [1.807, 2.05) is 30.9 Å². The Hall–Kier alpha value is -1.22. The summed E-state index contributed by atoms with van der Waals surface area (Å²) in [6.45, 7) is 7.99. The van der Waals surface area contributed by atoms with Gasteiger partial charge in [-0.05, 0) is 26.0 Å². The van der Waals surface area contributed by atoms with Crippen molar-refractivity contribution in [2.45, 2.75) is 65.2 Å². The third-order valence-electron chi connectivity index (χ3n) is 4.33. The Labute approximate surface area is 161 Å². The molecule has 1 fully saturated rings. The topological polar surface area (TPSA) is 18.8 Å². The predicted octanol–water partition coefficient (Wildman–Crippen LogP) is 5.61. The Morgan fingerprint density at radius 3 is 2.33 bits per heavy atom. The lowest BCUT2D eigenvalue weighted by molar-refractivity contribution is -0.175. The SMILES string of the molecule is C/C(=N\N(C)C(C)C(F)(F)F)c1ccc(CN2CCC(F)(F)CC2)s1.CC. The molecule has 2 heterocycles. The Morgan fingerprint density at radius 2 is 1.81 bits per heavy atom. The fraction of sp³-hybridized carbons (Fsp3) is 0.722. The predicted molar refractivity (Wildman–Crippen MR) is 101 cm³/mol. The standard InChI is InChI=1S/C16H22F5N3S.C2H6/c1-11(22-23(3)12(2)16(19,20)21)14-5-4-13(25-14)10-24-8-6-15(17,18)7-9-24;1-2/h4-5,12H,6-10H2,1-3H3;1-2H3/b22-11+;. The normalized spacial score (nSPS) is 19.3. The van der Waals surface area contributed by atoms with Crippen LogP contribution in [0.5, 0.6) is 0 Å². The fourth-order valence-corrected chi connectivity index (χ4v) is 3.49. The number of hydrazone groups is 1. The van der Waals surface area contributed by atoms with Gasteiger partial charge < -0.3 is 0 Å². The number of nitrogens with zero attached hydrogens (tertiary/aromatic N) is 3. The number of rotatable bonds is 5. The smallest absolute Gasteiger partial charge is 0.298 e. The van der Waals surface area contributed by atoms with Crippen molar-refractivity contribution in [2.24, 2.45) is 5.10 Å². The molecule has 2 rings (SSSR count). The molecule has 0 amide bonds. The van der Waals surface area contributed by atoms with Gasteiger partial charge in [0.1, 0.15) is 6.04 Å². The number of halogens is 5. The molecule has 9 heteroatoms. The molecule has 0 saturated carbocycles. The minimum atomic E-state index is -4.34. The van der Waals surface area contributed by atoms with Gasteiger partial charge in [0.25, 0.3) is 5.92 Å². The Kier molecular flexibility index (Phi) is 8.66. The summed E-state index contributed by atoms with van der Waals surface area (Å²) in [6, 6.07) is 2.01. The van der Waals surface area contributed by atoms with Gasteiger partial charge in [-0.15, -0.1) is 11.3 Å².